The van der Waals surface area contributed by atoms with Crippen LogP contribution in [0.4, 0.5) is 11.4 Å². The summed E-state index contributed by atoms with van der Waals surface area (Å²) < 4.78 is 4.91. The Labute approximate surface area is 122 Å². The van der Waals surface area contributed by atoms with Crippen LogP contribution in [0.1, 0.15) is 22.8 Å². The van der Waals surface area contributed by atoms with Crippen LogP contribution in [0.25, 0.3) is 0 Å². The summed E-state index contributed by atoms with van der Waals surface area (Å²) in [4.78, 5) is 11.5. The highest BCUT2D eigenvalue weighted by molar-refractivity contribution is 5.89. The lowest BCUT2D eigenvalue weighted by molar-refractivity contribution is 0.0526. The molecular weight excluding hydrogens is 268 g/mol. The van der Waals surface area contributed by atoms with E-state index >= 15 is 0 Å². The SMILES string of the molecule is CCOC(=O)c1ccc(N=Nc2ccc(O)cc2C)cc1. The zero-order valence-corrected chi connectivity index (χ0v) is 11.9. The van der Waals surface area contributed by atoms with Crippen LogP contribution in [-0.2, 0) is 4.74 Å². The van der Waals surface area contributed by atoms with Gasteiger partial charge in [-0.15, -0.1) is 0 Å². The average Bonchev–Trinajstić information content (AvgIpc) is 2.47. The summed E-state index contributed by atoms with van der Waals surface area (Å²) in [5.41, 5.74) is 2.64. The highest BCUT2D eigenvalue weighted by atomic mass is 16.5. The smallest absolute Gasteiger partial charge is 0.338 e. The second kappa shape index (κ2) is 6.65. The summed E-state index contributed by atoms with van der Waals surface area (Å²) in [5, 5.41) is 17.6. The second-order valence-electron chi connectivity index (χ2n) is 4.44. The van der Waals surface area contributed by atoms with E-state index in [-0.39, 0.29) is 11.7 Å². The molecule has 2 rings (SSSR count). The Hall–Kier alpha value is -2.69. The number of carbonyl (C=O) groups is 1. The molecule has 0 spiro atoms. The largest absolute Gasteiger partial charge is 0.508 e. The average molecular weight is 284 g/mol. The molecular formula is C16H16N2O3. The van der Waals surface area contributed by atoms with Gasteiger partial charge >= 0.3 is 5.97 Å². The van der Waals surface area contributed by atoms with Gasteiger partial charge in [-0.05, 0) is 61.9 Å². The monoisotopic (exact) mass is 284 g/mol. The third-order valence-electron chi connectivity index (χ3n) is 2.83. The fourth-order valence-electron chi connectivity index (χ4n) is 1.74. The number of azo groups is 1. The van der Waals surface area contributed by atoms with Crippen LogP contribution in [0.2, 0.25) is 0 Å². The van der Waals surface area contributed by atoms with Gasteiger partial charge in [-0.3, -0.25) is 0 Å². The Kier molecular flexibility index (Phi) is 4.66. The number of nitrogens with zero attached hydrogens (tertiary/aromatic N) is 2. The summed E-state index contributed by atoms with van der Waals surface area (Å²) in [6, 6.07) is 11.6. The highest BCUT2D eigenvalue weighted by Gasteiger charge is 2.05. The lowest BCUT2D eigenvalue weighted by atomic mass is 10.2. The number of aryl methyl sites for hydroxylation is 1. The van der Waals surface area contributed by atoms with Crippen molar-refractivity contribution in [1.82, 2.24) is 0 Å². The molecule has 0 atom stereocenters. The molecule has 108 valence electrons. The number of phenolic OH excluding ortho intramolecular Hbond substituents is 1. The van der Waals surface area contributed by atoms with Gasteiger partial charge in [-0.25, -0.2) is 4.79 Å². The van der Waals surface area contributed by atoms with Crippen LogP contribution in [0.5, 0.6) is 5.75 Å². The predicted octanol–water partition coefficient (Wildman–Crippen LogP) is 4.29. The van der Waals surface area contributed by atoms with E-state index in [1.54, 1.807) is 49.4 Å². The van der Waals surface area contributed by atoms with Crippen LogP contribution in [-0.4, -0.2) is 17.7 Å². The first kappa shape index (κ1) is 14.7. The number of hydrogen-bond donors (Lipinski definition) is 1. The Morgan fingerprint density at radius 1 is 1.14 bits per heavy atom. The first-order valence-corrected chi connectivity index (χ1v) is 6.58. The fraction of sp³-hybridized carbons (Fsp3) is 0.188. The van der Waals surface area contributed by atoms with E-state index in [1.165, 1.54) is 0 Å². The summed E-state index contributed by atoms with van der Waals surface area (Å²) in [7, 11) is 0. The lowest BCUT2D eigenvalue weighted by Crippen LogP contribution is -2.03. The molecule has 2 aromatic rings. The van der Waals surface area contributed by atoms with E-state index in [0.29, 0.717) is 23.5 Å². The predicted molar refractivity (Wildman–Crippen MR) is 79.4 cm³/mol. The first-order valence-electron chi connectivity index (χ1n) is 6.58. The molecule has 0 aliphatic heterocycles. The molecule has 5 heteroatoms. The van der Waals surface area contributed by atoms with Gasteiger partial charge in [0, 0.05) is 0 Å². The van der Waals surface area contributed by atoms with Crippen LogP contribution in [0, 0.1) is 6.92 Å². The third kappa shape index (κ3) is 3.89. The minimum atomic E-state index is -0.352. The van der Waals surface area contributed by atoms with Gasteiger partial charge in [0.25, 0.3) is 0 Å². The summed E-state index contributed by atoms with van der Waals surface area (Å²) in [6.45, 7) is 3.96. The van der Waals surface area contributed by atoms with Crippen LogP contribution >= 0.6 is 0 Å². The van der Waals surface area contributed by atoms with Crippen molar-refractivity contribution in [2.45, 2.75) is 13.8 Å². The molecule has 2 aromatic carbocycles. The van der Waals surface area contributed by atoms with Crippen molar-refractivity contribution >= 4 is 17.3 Å². The number of ether oxygens (including phenoxy) is 1. The Bertz CT molecular complexity index is 664. The Morgan fingerprint density at radius 2 is 1.86 bits per heavy atom. The number of benzene rings is 2. The lowest BCUT2D eigenvalue weighted by Gasteiger charge is -2.02. The highest BCUT2D eigenvalue weighted by Crippen LogP contribution is 2.25. The zero-order chi connectivity index (χ0) is 15.2. The number of esters is 1. The molecule has 0 saturated heterocycles. The van der Waals surface area contributed by atoms with Crippen molar-refractivity contribution in [3.05, 3.63) is 53.6 Å². The molecule has 0 radical (unpaired) electrons. The van der Waals surface area contributed by atoms with E-state index in [1.807, 2.05) is 6.92 Å². The van der Waals surface area contributed by atoms with E-state index in [0.717, 1.165) is 5.56 Å². The topological polar surface area (TPSA) is 71.2 Å². The normalized spacial score (nSPS) is 10.8. The minimum absolute atomic E-state index is 0.199. The Morgan fingerprint density at radius 3 is 2.48 bits per heavy atom. The maximum Gasteiger partial charge on any atom is 0.338 e. The maximum absolute atomic E-state index is 11.5. The summed E-state index contributed by atoms with van der Waals surface area (Å²) >= 11 is 0. The maximum atomic E-state index is 11.5. The van der Waals surface area contributed by atoms with E-state index in [4.69, 9.17) is 4.74 Å². The molecule has 0 bridgehead atoms. The van der Waals surface area contributed by atoms with Gasteiger partial charge in [0.1, 0.15) is 5.75 Å². The summed E-state index contributed by atoms with van der Waals surface area (Å²) in [5.74, 6) is -0.152. The van der Waals surface area contributed by atoms with Crippen molar-refractivity contribution in [3.8, 4) is 5.75 Å². The number of carbonyl (C=O) groups excluding carboxylic acids is 1. The van der Waals surface area contributed by atoms with Gasteiger partial charge in [0.05, 0.1) is 23.5 Å². The zero-order valence-electron chi connectivity index (χ0n) is 11.9. The molecule has 0 unspecified atom stereocenters. The van der Waals surface area contributed by atoms with Gasteiger partial charge in [0.15, 0.2) is 0 Å². The number of rotatable bonds is 4. The van der Waals surface area contributed by atoms with Gasteiger partial charge in [-0.2, -0.15) is 10.2 Å². The van der Waals surface area contributed by atoms with E-state index in [9.17, 15) is 9.90 Å². The standard InChI is InChI=1S/C16H16N2O3/c1-3-21-16(20)12-4-6-13(7-5-12)17-18-15-9-8-14(19)10-11(15)2/h4-10,19H,3H2,1-2H3. The summed E-state index contributed by atoms with van der Waals surface area (Å²) in [6.07, 6.45) is 0. The van der Waals surface area contributed by atoms with Crippen molar-refractivity contribution in [1.29, 1.82) is 0 Å². The number of aromatic hydroxyl groups is 1. The van der Waals surface area contributed by atoms with Crippen LogP contribution < -0.4 is 0 Å². The number of phenols is 1. The molecule has 0 amide bonds. The van der Waals surface area contributed by atoms with Crippen LogP contribution in [0.15, 0.2) is 52.7 Å². The van der Waals surface area contributed by atoms with E-state index < -0.39 is 0 Å². The molecule has 0 heterocycles. The van der Waals surface area contributed by atoms with Crippen LogP contribution in [0.3, 0.4) is 0 Å². The molecule has 1 N–H and O–H groups in total. The van der Waals surface area contributed by atoms with Crippen molar-refractivity contribution in [3.63, 3.8) is 0 Å². The van der Waals surface area contributed by atoms with E-state index in [2.05, 4.69) is 10.2 Å². The number of hydrogen-bond acceptors (Lipinski definition) is 5. The molecule has 0 aromatic heterocycles. The minimum Gasteiger partial charge on any atom is -0.508 e. The molecule has 0 fully saturated rings. The van der Waals surface area contributed by atoms with Gasteiger partial charge < -0.3 is 9.84 Å². The first-order chi connectivity index (χ1) is 10.1. The molecule has 0 aliphatic carbocycles. The van der Waals surface area contributed by atoms with Crippen molar-refractivity contribution in [2.24, 2.45) is 10.2 Å². The molecule has 5 nitrogen and oxygen atoms in total. The second-order valence-corrected chi connectivity index (χ2v) is 4.44. The van der Waals surface area contributed by atoms with Crippen molar-refractivity contribution in [2.75, 3.05) is 6.61 Å². The fourth-order valence-corrected chi connectivity index (χ4v) is 1.74. The van der Waals surface area contributed by atoms with Gasteiger partial charge in [0.2, 0.25) is 0 Å². The molecule has 21 heavy (non-hydrogen) atoms. The van der Waals surface area contributed by atoms with Gasteiger partial charge in [-0.1, -0.05) is 0 Å². The molecule has 0 saturated carbocycles. The Balaban J connectivity index is 2.12. The van der Waals surface area contributed by atoms with Crippen molar-refractivity contribution < 1.29 is 14.6 Å². The molecule has 0 aliphatic rings. The quantitative estimate of drug-likeness (QED) is 0.672. The third-order valence-corrected chi connectivity index (χ3v) is 2.83.